The summed E-state index contributed by atoms with van der Waals surface area (Å²) < 4.78 is 16.0. The van der Waals surface area contributed by atoms with Crippen molar-refractivity contribution in [1.82, 2.24) is 15.2 Å². The van der Waals surface area contributed by atoms with E-state index in [0.29, 0.717) is 18.9 Å². The zero-order valence-corrected chi connectivity index (χ0v) is 15.0. The summed E-state index contributed by atoms with van der Waals surface area (Å²) in [5.74, 6) is -0.570. The van der Waals surface area contributed by atoms with Crippen LogP contribution in [-0.2, 0) is 14.3 Å². The van der Waals surface area contributed by atoms with Crippen LogP contribution in [0.5, 0.6) is 5.88 Å². The molecule has 1 fully saturated rings. The van der Waals surface area contributed by atoms with Crippen LogP contribution in [0.3, 0.4) is 0 Å². The summed E-state index contributed by atoms with van der Waals surface area (Å²) in [5, 5.41) is 5.17. The van der Waals surface area contributed by atoms with Crippen molar-refractivity contribution in [2.45, 2.75) is 6.04 Å². The number of hydrogen-bond acceptors (Lipinski definition) is 7. The van der Waals surface area contributed by atoms with Crippen molar-refractivity contribution < 1.29 is 23.5 Å². The smallest absolute Gasteiger partial charge is 0.313 e. The van der Waals surface area contributed by atoms with E-state index in [4.69, 9.17) is 13.9 Å². The fourth-order valence-corrected chi connectivity index (χ4v) is 2.88. The molecular formula is C18H22N4O5. The number of carbonyl (C=O) groups excluding carboxylic acids is 2. The van der Waals surface area contributed by atoms with E-state index in [2.05, 4.69) is 20.5 Å². The van der Waals surface area contributed by atoms with Gasteiger partial charge in [-0.15, -0.1) is 0 Å². The largest absolute Gasteiger partial charge is 0.480 e. The van der Waals surface area contributed by atoms with Gasteiger partial charge in [0.1, 0.15) is 11.4 Å². The van der Waals surface area contributed by atoms with Gasteiger partial charge in [-0.25, -0.2) is 4.98 Å². The number of nitrogens with zero attached hydrogens (tertiary/aromatic N) is 2. The van der Waals surface area contributed by atoms with Gasteiger partial charge in [-0.3, -0.25) is 14.5 Å². The van der Waals surface area contributed by atoms with Crippen LogP contribution in [0.4, 0.5) is 5.69 Å². The molecule has 2 aromatic rings. The Morgan fingerprint density at radius 2 is 2.07 bits per heavy atom. The number of nitrogens with one attached hydrogen (secondary N) is 2. The van der Waals surface area contributed by atoms with Crippen LogP contribution in [0.15, 0.2) is 41.1 Å². The van der Waals surface area contributed by atoms with E-state index >= 15 is 0 Å². The highest BCUT2D eigenvalue weighted by atomic mass is 16.5. The van der Waals surface area contributed by atoms with E-state index < -0.39 is 11.8 Å². The topological polar surface area (TPSA) is 106 Å². The molecule has 3 heterocycles. The zero-order valence-electron chi connectivity index (χ0n) is 15.0. The van der Waals surface area contributed by atoms with Crippen LogP contribution < -0.4 is 15.4 Å². The van der Waals surface area contributed by atoms with Crippen LogP contribution in [0.1, 0.15) is 11.8 Å². The van der Waals surface area contributed by atoms with Crippen LogP contribution >= 0.6 is 0 Å². The second-order valence-corrected chi connectivity index (χ2v) is 5.90. The van der Waals surface area contributed by atoms with Gasteiger partial charge in [0.2, 0.25) is 5.88 Å². The van der Waals surface area contributed by atoms with Gasteiger partial charge in [-0.05, 0) is 24.3 Å². The zero-order chi connectivity index (χ0) is 19.1. The van der Waals surface area contributed by atoms with E-state index in [1.54, 1.807) is 24.5 Å². The standard InChI is InChI=1S/C18H22N4O5/c1-25-18-13(4-2-6-19-18)21-17(24)16(23)20-12-14(15-5-3-9-27-15)22-7-10-26-11-8-22/h2-6,9,14H,7-8,10-12H2,1H3,(H,20,23)(H,21,24)/t14-/m1/s1. The maximum atomic E-state index is 12.2. The number of morpholine rings is 1. The molecule has 0 saturated carbocycles. The van der Waals surface area contributed by atoms with Crippen molar-refractivity contribution in [2.24, 2.45) is 0 Å². The molecule has 2 aromatic heterocycles. The molecule has 2 amide bonds. The first kappa shape index (κ1) is 18.9. The molecule has 3 rings (SSSR count). The summed E-state index contributed by atoms with van der Waals surface area (Å²) >= 11 is 0. The third kappa shape index (κ3) is 4.83. The number of carbonyl (C=O) groups is 2. The lowest BCUT2D eigenvalue weighted by Crippen LogP contribution is -2.45. The van der Waals surface area contributed by atoms with Gasteiger partial charge in [-0.2, -0.15) is 0 Å². The first-order chi connectivity index (χ1) is 13.2. The third-order valence-electron chi connectivity index (χ3n) is 4.23. The van der Waals surface area contributed by atoms with Crippen molar-refractivity contribution >= 4 is 17.5 Å². The van der Waals surface area contributed by atoms with Crippen LogP contribution in [0, 0.1) is 0 Å². The van der Waals surface area contributed by atoms with Crippen molar-refractivity contribution in [1.29, 1.82) is 0 Å². The highest BCUT2D eigenvalue weighted by Crippen LogP contribution is 2.22. The SMILES string of the molecule is COc1ncccc1NC(=O)C(=O)NC[C@H](c1ccco1)N1CCOCC1. The quantitative estimate of drug-likeness (QED) is 0.721. The molecule has 1 aliphatic heterocycles. The number of ether oxygens (including phenoxy) is 2. The summed E-state index contributed by atoms with van der Waals surface area (Å²) in [7, 11) is 1.44. The fourth-order valence-electron chi connectivity index (χ4n) is 2.88. The van der Waals surface area contributed by atoms with Gasteiger partial charge in [0, 0.05) is 25.8 Å². The molecule has 1 saturated heterocycles. The molecule has 1 aliphatic rings. The van der Waals surface area contributed by atoms with E-state index in [9.17, 15) is 9.59 Å². The molecule has 9 nitrogen and oxygen atoms in total. The highest BCUT2D eigenvalue weighted by molar-refractivity contribution is 6.39. The van der Waals surface area contributed by atoms with Crippen LogP contribution in [-0.4, -0.2) is 61.7 Å². The number of amides is 2. The Hall–Kier alpha value is -2.91. The summed E-state index contributed by atoms with van der Waals surface area (Å²) in [5.41, 5.74) is 0.330. The lowest BCUT2D eigenvalue weighted by atomic mass is 10.1. The molecule has 0 spiro atoms. The molecule has 27 heavy (non-hydrogen) atoms. The predicted octanol–water partition coefficient (Wildman–Crippen LogP) is 0.811. The minimum Gasteiger partial charge on any atom is -0.480 e. The monoisotopic (exact) mass is 374 g/mol. The van der Waals surface area contributed by atoms with Gasteiger partial charge in [0.05, 0.1) is 32.6 Å². The summed E-state index contributed by atoms with van der Waals surface area (Å²) in [6.07, 6.45) is 3.12. The number of pyridine rings is 1. The minimum absolute atomic E-state index is 0.173. The number of furan rings is 1. The van der Waals surface area contributed by atoms with Gasteiger partial charge >= 0.3 is 11.8 Å². The Morgan fingerprint density at radius 1 is 1.26 bits per heavy atom. The maximum absolute atomic E-state index is 12.2. The van der Waals surface area contributed by atoms with Gasteiger partial charge < -0.3 is 24.5 Å². The van der Waals surface area contributed by atoms with Gasteiger partial charge in [0.25, 0.3) is 0 Å². The number of methoxy groups -OCH3 is 1. The van der Waals surface area contributed by atoms with E-state index in [1.165, 1.54) is 13.3 Å². The van der Waals surface area contributed by atoms with Crippen molar-refractivity contribution in [2.75, 3.05) is 45.3 Å². The lowest BCUT2D eigenvalue weighted by molar-refractivity contribution is -0.136. The fraction of sp³-hybridized carbons (Fsp3) is 0.389. The van der Waals surface area contributed by atoms with Crippen molar-refractivity contribution in [3.63, 3.8) is 0 Å². The molecule has 0 aromatic carbocycles. The molecular weight excluding hydrogens is 352 g/mol. The first-order valence-electron chi connectivity index (χ1n) is 8.62. The Labute approximate surface area is 156 Å². The molecule has 0 aliphatic carbocycles. The van der Waals surface area contributed by atoms with Crippen molar-refractivity contribution in [3.8, 4) is 5.88 Å². The first-order valence-corrected chi connectivity index (χ1v) is 8.62. The molecule has 1 atom stereocenters. The molecule has 0 bridgehead atoms. The van der Waals surface area contributed by atoms with E-state index in [1.807, 2.05) is 6.07 Å². The maximum Gasteiger partial charge on any atom is 0.313 e. The summed E-state index contributed by atoms with van der Waals surface area (Å²) in [4.78, 5) is 30.6. The second-order valence-electron chi connectivity index (χ2n) is 5.90. The average molecular weight is 374 g/mol. The van der Waals surface area contributed by atoms with E-state index in [0.717, 1.165) is 18.8 Å². The number of hydrogen-bond donors (Lipinski definition) is 2. The summed E-state index contributed by atoms with van der Waals surface area (Å²) in [6.45, 7) is 2.92. The van der Waals surface area contributed by atoms with Gasteiger partial charge in [0.15, 0.2) is 0 Å². The van der Waals surface area contributed by atoms with Crippen molar-refractivity contribution in [3.05, 3.63) is 42.5 Å². The van der Waals surface area contributed by atoms with E-state index in [-0.39, 0.29) is 18.5 Å². The van der Waals surface area contributed by atoms with Crippen LogP contribution in [0.2, 0.25) is 0 Å². The Balaban J connectivity index is 1.60. The molecule has 2 N–H and O–H groups in total. The average Bonchev–Trinajstić information content (AvgIpc) is 3.23. The minimum atomic E-state index is -0.790. The normalized spacial score (nSPS) is 15.7. The Bertz CT molecular complexity index is 759. The Kier molecular flexibility index (Phi) is 6.39. The molecule has 9 heteroatoms. The number of rotatable bonds is 6. The number of aromatic nitrogens is 1. The lowest BCUT2D eigenvalue weighted by Gasteiger charge is -2.33. The number of anilines is 1. The molecule has 144 valence electrons. The van der Waals surface area contributed by atoms with Gasteiger partial charge in [-0.1, -0.05) is 0 Å². The third-order valence-corrected chi connectivity index (χ3v) is 4.23. The molecule has 0 unspecified atom stereocenters. The second kappa shape index (κ2) is 9.15. The van der Waals surface area contributed by atoms with Crippen LogP contribution in [0.25, 0.3) is 0 Å². The highest BCUT2D eigenvalue weighted by Gasteiger charge is 2.26. The predicted molar refractivity (Wildman–Crippen MR) is 96.3 cm³/mol. The molecule has 0 radical (unpaired) electrons. The summed E-state index contributed by atoms with van der Waals surface area (Å²) in [6, 6.07) is 6.73. The Morgan fingerprint density at radius 3 is 2.78 bits per heavy atom.